The Morgan fingerprint density at radius 3 is 2.86 bits per heavy atom. The van der Waals surface area contributed by atoms with Crippen molar-refractivity contribution >= 4 is 0 Å². The number of nitrogens with zero attached hydrogens (tertiary/aromatic N) is 1. The average Bonchev–Trinajstić information content (AvgIpc) is 2.54. The van der Waals surface area contributed by atoms with Crippen LogP contribution in [0.1, 0.15) is 29.3 Å². The summed E-state index contributed by atoms with van der Waals surface area (Å²) in [6.45, 7) is 4.82. The smallest absolute Gasteiger partial charge is 0.0742 e. The minimum absolute atomic E-state index is 0.274. The SMILES string of the molecule is C[C@H]1Cc2c(-c3ccccc3)nc3c(c2CO1)CNCC3. The highest BCUT2D eigenvalue weighted by Crippen LogP contribution is 2.34. The molecule has 1 N–H and O–H groups in total. The molecule has 2 aromatic rings. The molecule has 1 aromatic heterocycles. The second-order valence-corrected chi connectivity index (χ2v) is 5.96. The minimum atomic E-state index is 0.274. The standard InChI is InChI=1S/C18H20N2O/c1-12-9-14-16(11-21-12)15-10-19-8-7-17(15)20-18(14)13-5-3-2-4-6-13/h2-6,12,19H,7-11H2,1H3/t12-/m0/s1. The third kappa shape index (κ3) is 2.27. The molecule has 1 aromatic carbocycles. The van der Waals surface area contributed by atoms with Crippen LogP contribution in [0.2, 0.25) is 0 Å². The van der Waals surface area contributed by atoms with Gasteiger partial charge in [-0.25, -0.2) is 0 Å². The van der Waals surface area contributed by atoms with Crippen molar-refractivity contribution in [3.05, 3.63) is 52.7 Å². The lowest BCUT2D eigenvalue weighted by molar-refractivity contribution is 0.0403. The van der Waals surface area contributed by atoms with E-state index >= 15 is 0 Å². The lowest BCUT2D eigenvalue weighted by atomic mass is 9.89. The number of benzene rings is 1. The van der Waals surface area contributed by atoms with Crippen molar-refractivity contribution in [1.29, 1.82) is 0 Å². The van der Waals surface area contributed by atoms with E-state index < -0.39 is 0 Å². The maximum absolute atomic E-state index is 5.91. The van der Waals surface area contributed by atoms with Gasteiger partial charge in [0.25, 0.3) is 0 Å². The Bertz CT molecular complexity index is 667. The van der Waals surface area contributed by atoms with Crippen molar-refractivity contribution in [3.8, 4) is 11.3 Å². The van der Waals surface area contributed by atoms with Gasteiger partial charge in [-0.1, -0.05) is 30.3 Å². The van der Waals surface area contributed by atoms with E-state index in [-0.39, 0.29) is 6.10 Å². The molecule has 0 unspecified atom stereocenters. The van der Waals surface area contributed by atoms with E-state index in [2.05, 4.69) is 42.6 Å². The van der Waals surface area contributed by atoms with Crippen molar-refractivity contribution < 1.29 is 4.74 Å². The zero-order valence-electron chi connectivity index (χ0n) is 12.4. The van der Waals surface area contributed by atoms with Crippen molar-refractivity contribution in [2.45, 2.75) is 39.0 Å². The van der Waals surface area contributed by atoms with Gasteiger partial charge in [-0.15, -0.1) is 0 Å². The molecular weight excluding hydrogens is 260 g/mol. The zero-order chi connectivity index (χ0) is 14.2. The Hall–Kier alpha value is -1.71. The molecule has 0 saturated carbocycles. The highest BCUT2D eigenvalue weighted by Gasteiger charge is 2.26. The van der Waals surface area contributed by atoms with Gasteiger partial charge in [0.15, 0.2) is 0 Å². The first kappa shape index (κ1) is 13.0. The van der Waals surface area contributed by atoms with Crippen LogP contribution in [0.15, 0.2) is 30.3 Å². The number of hydrogen-bond donors (Lipinski definition) is 1. The van der Waals surface area contributed by atoms with Gasteiger partial charge in [0.1, 0.15) is 0 Å². The molecule has 0 radical (unpaired) electrons. The summed E-state index contributed by atoms with van der Waals surface area (Å²) in [5.41, 5.74) is 7.80. The van der Waals surface area contributed by atoms with Crippen LogP contribution in [-0.4, -0.2) is 17.6 Å². The fourth-order valence-corrected chi connectivity index (χ4v) is 3.41. The molecule has 0 aliphatic carbocycles. The normalized spacial score (nSPS) is 20.7. The van der Waals surface area contributed by atoms with Crippen LogP contribution >= 0.6 is 0 Å². The summed E-state index contributed by atoms with van der Waals surface area (Å²) in [5.74, 6) is 0. The molecule has 108 valence electrons. The molecule has 3 heterocycles. The van der Waals surface area contributed by atoms with Gasteiger partial charge in [-0.05, 0) is 23.6 Å². The molecule has 1 atom stereocenters. The highest BCUT2D eigenvalue weighted by molar-refractivity contribution is 5.66. The summed E-state index contributed by atoms with van der Waals surface area (Å²) in [6, 6.07) is 10.6. The van der Waals surface area contributed by atoms with Crippen molar-refractivity contribution in [2.24, 2.45) is 0 Å². The van der Waals surface area contributed by atoms with Crippen LogP contribution in [0, 0.1) is 0 Å². The van der Waals surface area contributed by atoms with Gasteiger partial charge < -0.3 is 10.1 Å². The Morgan fingerprint density at radius 1 is 1.14 bits per heavy atom. The third-order valence-corrected chi connectivity index (χ3v) is 4.50. The molecule has 0 saturated heterocycles. The fraction of sp³-hybridized carbons (Fsp3) is 0.389. The van der Waals surface area contributed by atoms with Crippen LogP contribution in [0.4, 0.5) is 0 Å². The van der Waals surface area contributed by atoms with Gasteiger partial charge >= 0.3 is 0 Å². The minimum Gasteiger partial charge on any atom is -0.373 e. The topological polar surface area (TPSA) is 34.1 Å². The second-order valence-electron chi connectivity index (χ2n) is 5.96. The Morgan fingerprint density at radius 2 is 2.00 bits per heavy atom. The number of rotatable bonds is 1. The predicted molar refractivity (Wildman–Crippen MR) is 83.0 cm³/mol. The third-order valence-electron chi connectivity index (χ3n) is 4.50. The van der Waals surface area contributed by atoms with Gasteiger partial charge in [0, 0.05) is 37.2 Å². The molecule has 3 nitrogen and oxygen atoms in total. The quantitative estimate of drug-likeness (QED) is 0.872. The molecule has 0 spiro atoms. The molecule has 2 aliphatic rings. The summed E-state index contributed by atoms with van der Waals surface area (Å²) in [7, 11) is 0. The van der Waals surface area contributed by atoms with E-state index in [9.17, 15) is 0 Å². The Labute approximate surface area is 125 Å². The molecule has 0 amide bonds. The number of ether oxygens (including phenoxy) is 1. The maximum Gasteiger partial charge on any atom is 0.0742 e. The lowest BCUT2D eigenvalue weighted by Crippen LogP contribution is -2.30. The van der Waals surface area contributed by atoms with Crippen LogP contribution in [0.3, 0.4) is 0 Å². The van der Waals surface area contributed by atoms with Gasteiger partial charge in [0.2, 0.25) is 0 Å². The Balaban J connectivity index is 1.94. The zero-order valence-corrected chi connectivity index (χ0v) is 12.4. The highest BCUT2D eigenvalue weighted by atomic mass is 16.5. The van der Waals surface area contributed by atoms with Crippen LogP contribution in [0.5, 0.6) is 0 Å². The molecule has 4 rings (SSSR count). The monoisotopic (exact) mass is 280 g/mol. The van der Waals surface area contributed by atoms with Gasteiger partial charge in [0.05, 0.1) is 18.4 Å². The van der Waals surface area contributed by atoms with Gasteiger partial charge in [-0.2, -0.15) is 0 Å². The molecular formula is C18H20N2O. The number of aromatic nitrogens is 1. The van der Waals surface area contributed by atoms with E-state index in [1.165, 1.54) is 33.6 Å². The molecule has 0 bridgehead atoms. The first-order chi connectivity index (χ1) is 10.3. The molecule has 3 heteroatoms. The van der Waals surface area contributed by atoms with Crippen molar-refractivity contribution in [3.63, 3.8) is 0 Å². The second kappa shape index (κ2) is 5.24. The lowest BCUT2D eigenvalue weighted by Gasteiger charge is -2.30. The first-order valence-electron chi connectivity index (χ1n) is 7.74. The summed E-state index contributed by atoms with van der Waals surface area (Å²) in [5, 5.41) is 3.47. The first-order valence-corrected chi connectivity index (χ1v) is 7.74. The van der Waals surface area contributed by atoms with E-state index in [0.717, 1.165) is 32.5 Å². The van der Waals surface area contributed by atoms with Crippen LogP contribution < -0.4 is 5.32 Å². The summed E-state index contributed by atoms with van der Waals surface area (Å²) >= 11 is 0. The maximum atomic E-state index is 5.91. The number of hydrogen-bond acceptors (Lipinski definition) is 3. The van der Waals surface area contributed by atoms with Crippen LogP contribution in [0.25, 0.3) is 11.3 Å². The molecule has 2 aliphatic heterocycles. The van der Waals surface area contributed by atoms with E-state index in [0.29, 0.717) is 0 Å². The average molecular weight is 280 g/mol. The van der Waals surface area contributed by atoms with Crippen molar-refractivity contribution in [2.75, 3.05) is 6.54 Å². The molecule has 0 fully saturated rings. The van der Waals surface area contributed by atoms with Gasteiger partial charge in [-0.3, -0.25) is 4.98 Å². The fourth-order valence-electron chi connectivity index (χ4n) is 3.41. The Kier molecular flexibility index (Phi) is 3.24. The predicted octanol–water partition coefficient (Wildman–Crippen LogP) is 2.86. The van der Waals surface area contributed by atoms with E-state index in [1.807, 2.05) is 0 Å². The number of pyridine rings is 1. The number of nitrogens with one attached hydrogen (secondary N) is 1. The summed E-state index contributed by atoms with van der Waals surface area (Å²) in [4.78, 5) is 5.04. The number of fused-ring (bicyclic) bond motifs is 3. The summed E-state index contributed by atoms with van der Waals surface area (Å²) < 4.78 is 5.91. The van der Waals surface area contributed by atoms with E-state index in [4.69, 9.17) is 9.72 Å². The van der Waals surface area contributed by atoms with Crippen LogP contribution in [-0.2, 0) is 30.7 Å². The molecule has 21 heavy (non-hydrogen) atoms. The van der Waals surface area contributed by atoms with Crippen molar-refractivity contribution in [1.82, 2.24) is 10.3 Å². The van der Waals surface area contributed by atoms with E-state index in [1.54, 1.807) is 0 Å². The largest absolute Gasteiger partial charge is 0.373 e. The summed E-state index contributed by atoms with van der Waals surface area (Å²) in [6.07, 6.45) is 2.24.